The number of carboxylic acid groups (broad SMARTS) is 1. The van der Waals surface area contributed by atoms with E-state index < -0.39 is 5.97 Å². The number of hydrogen-bond acceptors (Lipinski definition) is 1. The van der Waals surface area contributed by atoms with E-state index in [-0.39, 0.29) is 12.3 Å². The summed E-state index contributed by atoms with van der Waals surface area (Å²) >= 11 is 0. The highest BCUT2D eigenvalue weighted by molar-refractivity contribution is 5.68. The van der Waals surface area contributed by atoms with Gasteiger partial charge in [-0.3, -0.25) is 4.79 Å². The Morgan fingerprint density at radius 2 is 2.00 bits per heavy atom. The third-order valence-electron chi connectivity index (χ3n) is 2.18. The van der Waals surface area contributed by atoms with Gasteiger partial charge in [-0.2, -0.15) is 0 Å². The summed E-state index contributed by atoms with van der Waals surface area (Å²) < 4.78 is 0. The van der Waals surface area contributed by atoms with Crippen LogP contribution in [0.15, 0.2) is 24.3 Å². The molecule has 0 saturated carbocycles. The van der Waals surface area contributed by atoms with Crippen molar-refractivity contribution < 1.29 is 9.90 Å². The van der Waals surface area contributed by atoms with Gasteiger partial charge in [0.2, 0.25) is 0 Å². The summed E-state index contributed by atoms with van der Waals surface area (Å²) in [5.41, 5.74) is 2.13. The molecule has 0 saturated heterocycles. The number of aliphatic carboxylic acids is 1. The molecule has 1 atom stereocenters. The third kappa shape index (κ3) is 3.47. The molecule has 0 aliphatic heterocycles. The number of aryl methyl sites for hydroxylation is 1. The second kappa shape index (κ2) is 5.21. The van der Waals surface area contributed by atoms with E-state index in [0.717, 1.165) is 11.1 Å². The molecule has 0 bridgehead atoms. The molecule has 0 radical (unpaired) electrons. The molecule has 0 aliphatic rings. The maximum absolute atomic E-state index is 10.7. The Bertz CT molecular complexity index is 393. The fourth-order valence-corrected chi connectivity index (χ4v) is 1.40. The average molecular weight is 202 g/mol. The van der Waals surface area contributed by atoms with E-state index in [2.05, 4.69) is 11.8 Å². The molecular weight excluding hydrogens is 188 g/mol. The van der Waals surface area contributed by atoms with Gasteiger partial charge in [0, 0.05) is 0 Å². The monoisotopic (exact) mass is 202 g/mol. The van der Waals surface area contributed by atoms with Gasteiger partial charge in [-0.15, -0.1) is 5.92 Å². The first kappa shape index (κ1) is 11.3. The lowest BCUT2D eigenvalue weighted by Crippen LogP contribution is -2.04. The highest BCUT2D eigenvalue weighted by Gasteiger charge is 2.12. The van der Waals surface area contributed by atoms with E-state index in [1.807, 2.05) is 31.2 Å². The molecule has 0 aliphatic carbocycles. The van der Waals surface area contributed by atoms with Gasteiger partial charge < -0.3 is 5.11 Å². The Hall–Kier alpha value is -1.75. The highest BCUT2D eigenvalue weighted by Crippen LogP contribution is 2.19. The van der Waals surface area contributed by atoms with E-state index >= 15 is 0 Å². The molecule has 78 valence electrons. The van der Waals surface area contributed by atoms with Gasteiger partial charge in [-0.05, 0) is 19.4 Å². The second-order valence-electron chi connectivity index (χ2n) is 3.46. The van der Waals surface area contributed by atoms with Crippen LogP contribution in [-0.2, 0) is 4.79 Å². The van der Waals surface area contributed by atoms with E-state index in [4.69, 9.17) is 5.11 Å². The van der Waals surface area contributed by atoms with Crippen molar-refractivity contribution >= 4 is 5.97 Å². The van der Waals surface area contributed by atoms with Gasteiger partial charge in [0.1, 0.15) is 0 Å². The van der Waals surface area contributed by atoms with Crippen molar-refractivity contribution in [3.05, 3.63) is 35.4 Å². The van der Waals surface area contributed by atoms with Crippen molar-refractivity contribution in [3.8, 4) is 11.8 Å². The fourth-order valence-electron chi connectivity index (χ4n) is 1.40. The fraction of sp³-hybridized carbons (Fsp3) is 0.308. The van der Waals surface area contributed by atoms with Gasteiger partial charge in [0.05, 0.1) is 12.3 Å². The predicted molar refractivity (Wildman–Crippen MR) is 59.6 cm³/mol. The van der Waals surface area contributed by atoms with E-state index in [0.29, 0.717) is 0 Å². The molecule has 1 unspecified atom stereocenters. The number of hydrogen-bond donors (Lipinski definition) is 1. The third-order valence-corrected chi connectivity index (χ3v) is 2.18. The first-order chi connectivity index (χ1) is 7.13. The summed E-state index contributed by atoms with van der Waals surface area (Å²) in [5.74, 6) is 4.67. The van der Waals surface area contributed by atoms with Crippen LogP contribution in [0.3, 0.4) is 0 Å². The maximum Gasteiger partial charge on any atom is 0.304 e. The molecule has 2 nitrogen and oxygen atoms in total. The minimum atomic E-state index is -0.816. The summed E-state index contributed by atoms with van der Waals surface area (Å²) in [4.78, 5) is 10.7. The van der Waals surface area contributed by atoms with Crippen LogP contribution in [0.25, 0.3) is 0 Å². The number of rotatable bonds is 3. The lowest BCUT2D eigenvalue weighted by atomic mass is 9.95. The molecule has 1 aromatic carbocycles. The van der Waals surface area contributed by atoms with Gasteiger partial charge in [-0.25, -0.2) is 0 Å². The SMILES string of the molecule is CC#CC(CC(=O)O)c1ccc(C)cc1. The summed E-state index contributed by atoms with van der Waals surface area (Å²) in [6.45, 7) is 3.73. The maximum atomic E-state index is 10.7. The van der Waals surface area contributed by atoms with Crippen LogP contribution in [0.1, 0.15) is 30.4 Å². The van der Waals surface area contributed by atoms with E-state index in [1.54, 1.807) is 6.92 Å². The topological polar surface area (TPSA) is 37.3 Å². The predicted octanol–water partition coefficient (Wildman–Crippen LogP) is 2.58. The number of carbonyl (C=O) groups is 1. The number of carboxylic acids is 1. The summed E-state index contributed by atoms with van der Waals surface area (Å²) in [6.07, 6.45) is 0.0594. The zero-order valence-corrected chi connectivity index (χ0v) is 8.95. The minimum absolute atomic E-state index is 0.0594. The summed E-state index contributed by atoms with van der Waals surface area (Å²) in [5, 5.41) is 8.76. The van der Waals surface area contributed by atoms with E-state index in [9.17, 15) is 4.79 Å². The van der Waals surface area contributed by atoms with Crippen LogP contribution in [0.5, 0.6) is 0 Å². The van der Waals surface area contributed by atoms with E-state index in [1.165, 1.54) is 0 Å². The Balaban J connectivity index is 2.92. The second-order valence-corrected chi connectivity index (χ2v) is 3.46. The van der Waals surface area contributed by atoms with Crippen molar-refractivity contribution in [2.45, 2.75) is 26.2 Å². The zero-order valence-electron chi connectivity index (χ0n) is 8.95. The molecule has 0 aromatic heterocycles. The van der Waals surface area contributed by atoms with Crippen molar-refractivity contribution in [2.24, 2.45) is 0 Å². The molecule has 0 fully saturated rings. The van der Waals surface area contributed by atoms with Gasteiger partial charge in [0.25, 0.3) is 0 Å². The first-order valence-corrected chi connectivity index (χ1v) is 4.84. The van der Waals surface area contributed by atoms with Crippen LogP contribution < -0.4 is 0 Å². The Morgan fingerprint density at radius 3 is 2.47 bits per heavy atom. The largest absolute Gasteiger partial charge is 0.481 e. The van der Waals surface area contributed by atoms with Crippen LogP contribution in [-0.4, -0.2) is 11.1 Å². The molecule has 1 N–H and O–H groups in total. The van der Waals surface area contributed by atoms with Gasteiger partial charge in [-0.1, -0.05) is 35.7 Å². The van der Waals surface area contributed by atoms with Crippen molar-refractivity contribution in [2.75, 3.05) is 0 Å². The average Bonchev–Trinajstić information content (AvgIpc) is 2.17. The Morgan fingerprint density at radius 1 is 1.40 bits per heavy atom. The van der Waals surface area contributed by atoms with Crippen LogP contribution in [0.4, 0.5) is 0 Å². The lowest BCUT2D eigenvalue weighted by molar-refractivity contribution is -0.137. The summed E-state index contributed by atoms with van der Waals surface area (Å²) in [6, 6.07) is 7.82. The Labute approximate surface area is 89.9 Å². The molecule has 1 rings (SSSR count). The quantitative estimate of drug-likeness (QED) is 0.765. The van der Waals surface area contributed by atoms with Crippen LogP contribution in [0.2, 0.25) is 0 Å². The van der Waals surface area contributed by atoms with Gasteiger partial charge in [0.15, 0.2) is 0 Å². The first-order valence-electron chi connectivity index (χ1n) is 4.84. The van der Waals surface area contributed by atoms with Gasteiger partial charge >= 0.3 is 5.97 Å². The molecule has 1 aromatic rings. The standard InChI is InChI=1S/C13H14O2/c1-3-4-12(9-13(14)15)11-7-5-10(2)6-8-11/h5-8,12H,9H2,1-2H3,(H,14,15). The smallest absolute Gasteiger partial charge is 0.304 e. The van der Waals surface area contributed by atoms with Crippen molar-refractivity contribution in [3.63, 3.8) is 0 Å². The Kier molecular flexibility index (Phi) is 3.93. The van der Waals surface area contributed by atoms with Crippen molar-refractivity contribution in [1.29, 1.82) is 0 Å². The van der Waals surface area contributed by atoms with Crippen LogP contribution >= 0.6 is 0 Å². The summed E-state index contributed by atoms with van der Waals surface area (Å²) in [7, 11) is 0. The molecule has 15 heavy (non-hydrogen) atoms. The highest BCUT2D eigenvalue weighted by atomic mass is 16.4. The normalized spacial score (nSPS) is 11.3. The molecule has 0 heterocycles. The zero-order chi connectivity index (χ0) is 11.3. The molecular formula is C13H14O2. The molecule has 2 heteroatoms. The van der Waals surface area contributed by atoms with Crippen LogP contribution in [0, 0.1) is 18.8 Å². The van der Waals surface area contributed by atoms with Crippen molar-refractivity contribution in [1.82, 2.24) is 0 Å². The molecule has 0 amide bonds. The lowest BCUT2D eigenvalue weighted by Gasteiger charge is -2.08. The molecule has 0 spiro atoms. The number of benzene rings is 1. The minimum Gasteiger partial charge on any atom is -0.481 e.